The molecular formula is C22H28N2O4S. The first-order valence-electron chi connectivity index (χ1n) is 9.95. The highest BCUT2D eigenvalue weighted by molar-refractivity contribution is 7.15. The number of rotatable bonds is 6. The third-order valence-corrected chi connectivity index (χ3v) is 5.86. The van der Waals surface area contributed by atoms with Crippen LogP contribution in [0.2, 0.25) is 0 Å². The molecule has 6 nitrogen and oxygen atoms in total. The zero-order chi connectivity index (χ0) is 21.0. The molecule has 1 aromatic carbocycles. The van der Waals surface area contributed by atoms with Gasteiger partial charge in [0.25, 0.3) is 0 Å². The van der Waals surface area contributed by atoms with Crippen LogP contribution in [0.5, 0.6) is 0 Å². The highest BCUT2D eigenvalue weighted by atomic mass is 32.1. The minimum absolute atomic E-state index is 0.0792. The zero-order valence-corrected chi connectivity index (χ0v) is 18.1. The van der Waals surface area contributed by atoms with Crippen LogP contribution in [0.1, 0.15) is 38.1 Å². The van der Waals surface area contributed by atoms with Gasteiger partial charge in [-0.2, -0.15) is 0 Å². The fourth-order valence-corrected chi connectivity index (χ4v) is 4.56. The van der Waals surface area contributed by atoms with Gasteiger partial charge in [0.1, 0.15) is 10.6 Å². The topological polar surface area (TPSA) is 67.9 Å². The lowest BCUT2D eigenvalue weighted by Crippen LogP contribution is -2.52. The third-order valence-electron chi connectivity index (χ3n) is 4.97. The molecule has 3 rings (SSSR count). The molecule has 2 aromatic rings. The lowest BCUT2D eigenvalue weighted by molar-refractivity contribution is -0.126. The maximum atomic E-state index is 13.0. The first-order chi connectivity index (χ1) is 13.9. The summed E-state index contributed by atoms with van der Waals surface area (Å²) in [6.45, 7) is 9.35. The van der Waals surface area contributed by atoms with Gasteiger partial charge in [-0.05, 0) is 33.3 Å². The van der Waals surface area contributed by atoms with E-state index < -0.39 is 5.97 Å². The Kier molecular flexibility index (Phi) is 7.05. The van der Waals surface area contributed by atoms with E-state index in [0.717, 1.165) is 11.1 Å². The normalized spacial score (nSPS) is 20.8. The van der Waals surface area contributed by atoms with Gasteiger partial charge in [0.2, 0.25) is 5.91 Å². The Hall–Kier alpha value is -2.22. The Bertz CT molecular complexity index is 842. The molecule has 3 atom stereocenters. The van der Waals surface area contributed by atoms with Gasteiger partial charge in [-0.25, -0.2) is 4.79 Å². The van der Waals surface area contributed by atoms with Crippen molar-refractivity contribution in [3.05, 3.63) is 41.3 Å². The van der Waals surface area contributed by atoms with Gasteiger partial charge < -0.3 is 14.8 Å². The van der Waals surface area contributed by atoms with Gasteiger partial charge in [0.15, 0.2) is 0 Å². The van der Waals surface area contributed by atoms with Crippen LogP contribution in [-0.4, -0.2) is 54.7 Å². The number of nitrogens with zero attached hydrogens (tertiary/aromatic N) is 1. The Morgan fingerprint density at radius 3 is 2.52 bits per heavy atom. The van der Waals surface area contributed by atoms with E-state index >= 15 is 0 Å². The molecule has 1 aliphatic rings. The van der Waals surface area contributed by atoms with Crippen molar-refractivity contribution >= 4 is 28.2 Å². The number of ether oxygens (including phenoxy) is 2. The Morgan fingerprint density at radius 1 is 1.24 bits per heavy atom. The largest absolute Gasteiger partial charge is 0.462 e. The number of esters is 1. The summed E-state index contributed by atoms with van der Waals surface area (Å²) in [5.41, 5.74) is 2.09. The van der Waals surface area contributed by atoms with Crippen LogP contribution < -0.4 is 5.32 Å². The molecule has 1 saturated heterocycles. The second-order valence-electron chi connectivity index (χ2n) is 7.32. The van der Waals surface area contributed by atoms with E-state index in [4.69, 9.17) is 9.47 Å². The van der Waals surface area contributed by atoms with Gasteiger partial charge in [0, 0.05) is 24.0 Å². The fourth-order valence-electron chi connectivity index (χ4n) is 3.60. The highest BCUT2D eigenvalue weighted by Gasteiger charge is 2.31. The van der Waals surface area contributed by atoms with Crippen LogP contribution in [0.25, 0.3) is 11.1 Å². The molecule has 1 N–H and O–H groups in total. The second-order valence-corrected chi connectivity index (χ2v) is 8.20. The van der Waals surface area contributed by atoms with E-state index in [2.05, 4.69) is 10.2 Å². The standard InChI is InChI=1S/C22H28N2O4S/c1-5-27-22(26)19-18(17-9-7-6-8-10-17)13-29-21(19)23-20(25)16(4)24-11-14(2)28-15(3)12-24/h6-10,13-16H,5,11-12H2,1-4H3,(H,23,25)/t14-,15-,16+/m1/s1. The lowest BCUT2D eigenvalue weighted by atomic mass is 10.0. The molecule has 0 radical (unpaired) electrons. The average Bonchev–Trinajstić information content (AvgIpc) is 3.11. The van der Waals surface area contributed by atoms with Crippen molar-refractivity contribution in [2.24, 2.45) is 0 Å². The minimum Gasteiger partial charge on any atom is -0.462 e. The lowest BCUT2D eigenvalue weighted by Gasteiger charge is -2.38. The summed E-state index contributed by atoms with van der Waals surface area (Å²) >= 11 is 1.34. The first-order valence-corrected chi connectivity index (χ1v) is 10.8. The monoisotopic (exact) mass is 416 g/mol. The summed E-state index contributed by atoms with van der Waals surface area (Å²) in [6.07, 6.45) is 0.158. The number of carbonyl (C=O) groups is 2. The van der Waals surface area contributed by atoms with E-state index in [1.807, 2.05) is 56.5 Å². The number of anilines is 1. The van der Waals surface area contributed by atoms with Gasteiger partial charge >= 0.3 is 5.97 Å². The maximum Gasteiger partial charge on any atom is 0.341 e. The first kappa shape index (κ1) is 21.5. The molecule has 0 spiro atoms. The van der Waals surface area contributed by atoms with Crippen LogP contribution in [0, 0.1) is 0 Å². The Labute approximate surface area is 175 Å². The summed E-state index contributed by atoms with van der Waals surface area (Å²) in [5, 5.41) is 5.37. The van der Waals surface area contributed by atoms with Crippen molar-refractivity contribution in [1.29, 1.82) is 0 Å². The number of benzene rings is 1. The summed E-state index contributed by atoms with van der Waals surface area (Å²) in [4.78, 5) is 27.7. The SMILES string of the molecule is CCOC(=O)c1c(-c2ccccc2)csc1NC(=O)[C@H](C)N1C[C@@H](C)O[C@H](C)C1. The van der Waals surface area contributed by atoms with Crippen molar-refractivity contribution in [3.63, 3.8) is 0 Å². The van der Waals surface area contributed by atoms with Crippen molar-refractivity contribution in [2.45, 2.75) is 45.9 Å². The van der Waals surface area contributed by atoms with E-state index in [1.54, 1.807) is 6.92 Å². The minimum atomic E-state index is -0.427. The number of carbonyl (C=O) groups excluding carboxylic acids is 2. The van der Waals surface area contributed by atoms with Crippen molar-refractivity contribution in [1.82, 2.24) is 4.90 Å². The maximum absolute atomic E-state index is 13.0. The number of hydrogen-bond donors (Lipinski definition) is 1. The van der Waals surface area contributed by atoms with Crippen molar-refractivity contribution in [2.75, 3.05) is 25.0 Å². The molecule has 1 aromatic heterocycles. The molecule has 29 heavy (non-hydrogen) atoms. The van der Waals surface area contributed by atoms with Gasteiger partial charge in [-0.15, -0.1) is 11.3 Å². The van der Waals surface area contributed by atoms with Gasteiger partial charge in [-0.1, -0.05) is 30.3 Å². The van der Waals surface area contributed by atoms with Crippen molar-refractivity contribution in [3.8, 4) is 11.1 Å². The third kappa shape index (κ3) is 5.04. The number of nitrogens with one attached hydrogen (secondary N) is 1. The average molecular weight is 417 g/mol. The highest BCUT2D eigenvalue weighted by Crippen LogP contribution is 2.36. The Morgan fingerprint density at radius 2 is 1.90 bits per heavy atom. The van der Waals surface area contributed by atoms with Gasteiger partial charge in [0.05, 0.1) is 24.9 Å². The molecule has 0 saturated carbocycles. The zero-order valence-electron chi connectivity index (χ0n) is 17.3. The molecule has 1 aliphatic heterocycles. The smallest absolute Gasteiger partial charge is 0.341 e. The van der Waals surface area contributed by atoms with Crippen LogP contribution in [0.4, 0.5) is 5.00 Å². The molecule has 0 unspecified atom stereocenters. The summed E-state index contributed by atoms with van der Waals surface area (Å²) < 4.78 is 11.0. The quantitative estimate of drug-likeness (QED) is 0.720. The molecule has 0 bridgehead atoms. The summed E-state index contributed by atoms with van der Waals surface area (Å²) in [7, 11) is 0. The molecular weight excluding hydrogens is 388 g/mol. The molecule has 7 heteroatoms. The number of thiophene rings is 1. The second kappa shape index (κ2) is 9.52. The predicted molar refractivity (Wildman–Crippen MR) is 115 cm³/mol. The fraction of sp³-hybridized carbons (Fsp3) is 0.455. The van der Waals surface area contributed by atoms with E-state index in [1.165, 1.54) is 11.3 Å². The number of morpholine rings is 1. The molecule has 2 heterocycles. The van der Waals surface area contributed by atoms with E-state index in [0.29, 0.717) is 23.7 Å². The molecule has 1 fully saturated rings. The van der Waals surface area contributed by atoms with E-state index in [9.17, 15) is 9.59 Å². The predicted octanol–water partition coefficient (Wildman–Crippen LogP) is 4.03. The van der Waals surface area contributed by atoms with Crippen LogP contribution in [0.15, 0.2) is 35.7 Å². The van der Waals surface area contributed by atoms with Crippen molar-refractivity contribution < 1.29 is 19.1 Å². The summed E-state index contributed by atoms with van der Waals surface area (Å²) in [5.74, 6) is -0.567. The van der Waals surface area contributed by atoms with Crippen LogP contribution >= 0.6 is 11.3 Å². The molecule has 0 aliphatic carbocycles. The molecule has 156 valence electrons. The van der Waals surface area contributed by atoms with E-state index in [-0.39, 0.29) is 30.8 Å². The van der Waals surface area contributed by atoms with Crippen LogP contribution in [0.3, 0.4) is 0 Å². The van der Waals surface area contributed by atoms with Gasteiger partial charge in [-0.3, -0.25) is 9.69 Å². The summed E-state index contributed by atoms with van der Waals surface area (Å²) in [6, 6.07) is 9.31. The number of hydrogen-bond acceptors (Lipinski definition) is 6. The van der Waals surface area contributed by atoms with Crippen LogP contribution in [-0.2, 0) is 14.3 Å². The Balaban J connectivity index is 1.83. The molecule has 1 amide bonds. The number of amides is 1.